The van der Waals surface area contributed by atoms with E-state index in [9.17, 15) is 4.79 Å². The Hall–Kier alpha value is -0.870. The predicted octanol–water partition coefficient (Wildman–Crippen LogP) is 3.09. The van der Waals surface area contributed by atoms with Crippen LogP contribution in [-0.4, -0.2) is 12.5 Å². The Bertz CT molecular complexity index is 367. The number of carbonyl (C=O) groups excluding carboxylic acids is 1. The monoisotopic (exact) mass is 267 g/mol. The maximum Gasteiger partial charge on any atom is 0.313 e. The highest BCUT2D eigenvalue weighted by Crippen LogP contribution is 2.35. The standard InChI is InChI=1S/C14H21NO2S/c15-11-14(7-3-1-2-4-8-14)13(16)17-10-12-6-5-9-18-12/h5-6,9H,1-4,7-8,10-11,15H2. The molecule has 0 saturated heterocycles. The van der Waals surface area contributed by atoms with E-state index >= 15 is 0 Å². The van der Waals surface area contributed by atoms with Gasteiger partial charge in [-0.2, -0.15) is 0 Å². The molecule has 0 atom stereocenters. The van der Waals surface area contributed by atoms with Crippen molar-refractivity contribution in [3.63, 3.8) is 0 Å². The van der Waals surface area contributed by atoms with Crippen molar-refractivity contribution >= 4 is 17.3 Å². The zero-order valence-corrected chi connectivity index (χ0v) is 11.5. The Morgan fingerprint density at radius 3 is 2.61 bits per heavy atom. The lowest BCUT2D eigenvalue weighted by atomic mass is 9.80. The Labute approximate surface area is 112 Å². The van der Waals surface area contributed by atoms with Gasteiger partial charge in [0.15, 0.2) is 0 Å². The molecule has 1 aromatic rings. The molecule has 4 heteroatoms. The highest BCUT2D eigenvalue weighted by Gasteiger charge is 2.38. The zero-order chi connectivity index (χ0) is 12.8. The first-order valence-corrected chi connectivity index (χ1v) is 7.54. The molecule has 1 heterocycles. The summed E-state index contributed by atoms with van der Waals surface area (Å²) in [5, 5.41) is 1.99. The zero-order valence-electron chi connectivity index (χ0n) is 10.7. The Morgan fingerprint density at radius 1 is 1.33 bits per heavy atom. The molecular formula is C14H21NO2S. The van der Waals surface area contributed by atoms with E-state index in [1.807, 2.05) is 17.5 Å². The van der Waals surface area contributed by atoms with Crippen LogP contribution in [0.2, 0.25) is 0 Å². The van der Waals surface area contributed by atoms with Crippen LogP contribution < -0.4 is 5.73 Å². The van der Waals surface area contributed by atoms with E-state index < -0.39 is 5.41 Å². The predicted molar refractivity (Wildman–Crippen MR) is 73.3 cm³/mol. The lowest BCUT2D eigenvalue weighted by Gasteiger charge is -2.28. The number of carbonyl (C=O) groups is 1. The summed E-state index contributed by atoms with van der Waals surface area (Å²) in [6.07, 6.45) is 6.36. The van der Waals surface area contributed by atoms with Gasteiger partial charge in [-0.25, -0.2) is 0 Å². The summed E-state index contributed by atoms with van der Waals surface area (Å²) in [5.41, 5.74) is 5.44. The van der Waals surface area contributed by atoms with E-state index in [-0.39, 0.29) is 5.97 Å². The molecule has 3 nitrogen and oxygen atoms in total. The van der Waals surface area contributed by atoms with Crippen LogP contribution in [0.5, 0.6) is 0 Å². The van der Waals surface area contributed by atoms with E-state index in [4.69, 9.17) is 10.5 Å². The second-order valence-electron chi connectivity index (χ2n) is 5.05. The minimum atomic E-state index is -0.423. The van der Waals surface area contributed by atoms with Crippen LogP contribution in [0.1, 0.15) is 43.4 Å². The largest absolute Gasteiger partial charge is 0.460 e. The molecule has 18 heavy (non-hydrogen) atoms. The molecule has 1 saturated carbocycles. The Balaban J connectivity index is 1.95. The van der Waals surface area contributed by atoms with Gasteiger partial charge >= 0.3 is 5.97 Å². The van der Waals surface area contributed by atoms with Gasteiger partial charge in [0.2, 0.25) is 0 Å². The number of ether oxygens (including phenoxy) is 1. The molecule has 0 bridgehead atoms. The number of thiophene rings is 1. The topological polar surface area (TPSA) is 52.3 Å². The van der Waals surface area contributed by atoms with E-state index in [0.29, 0.717) is 13.2 Å². The molecule has 0 aliphatic heterocycles. The molecule has 2 N–H and O–H groups in total. The maximum absolute atomic E-state index is 12.3. The highest BCUT2D eigenvalue weighted by atomic mass is 32.1. The average molecular weight is 267 g/mol. The minimum absolute atomic E-state index is 0.0969. The first-order chi connectivity index (χ1) is 8.77. The summed E-state index contributed by atoms with van der Waals surface area (Å²) in [6.45, 7) is 0.800. The highest BCUT2D eigenvalue weighted by molar-refractivity contribution is 7.09. The number of hydrogen-bond acceptors (Lipinski definition) is 4. The van der Waals surface area contributed by atoms with Gasteiger partial charge in [-0.15, -0.1) is 11.3 Å². The average Bonchev–Trinajstić information content (AvgIpc) is 2.79. The molecule has 0 spiro atoms. The van der Waals surface area contributed by atoms with Crippen molar-refractivity contribution in [3.05, 3.63) is 22.4 Å². The maximum atomic E-state index is 12.3. The van der Waals surface area contributed by atoms with Gasteiger partial charge in [-0.05, 0) is 24.3 Å². The fraction of sp³-hybridized carbons (Fsp3) is 0.643. The normalized spacial score (nSPS) is 19.2. The number of nitrogens with two attached hydrogens (primary N) is 1. The first kappa shape index (κ1) is 13.6. The van der Waals surface area contributed by atoms with Crippen LogP contribution in [0, 0.1) is 5.41 Å². The number of hydrogen-bond donors (Lipinski definition) is 1. The van der Waals surface area contributed by atoms with Crippen LogP contribution in [0.3, 0.4) is 0 Å². The minimum Gasteiger partial charge on any atom is -0.460 e. The second-order valence-corrected chi connectivity index (χ2v) is 6.09. The van der Waals surface area contributed by atoms with Crippen molar-refractivity contribution in [1.82, 2.24) is 0 Å². The van der Waals surface area contributed by atoms with Crippen LogP contribution in [-0.2, 0) is 16.1 Å². The molecule has 0 aromatic carbocycles. The molecule has 0 unspecified atom stereocenters. The van der Waals surface area contributed by atoms with Gasteiger partial charge in [0.1, 0.15) is 6.61 Å². The first-order valence-electron chi connectivity index (χ1n) is 6.66. The Kier molecular flexibility index (Phi) is 4.78. The van der Waals surface area contributed by atoms with Crippen molar-refractivity contribution in [3.8, 4) is 0 Å². The van der Waals surface area contributed by atoms with Crippen LogP contribution in [0.15, 0.2) is 17.5 Å². The lowest BCUT2D eigenvalue weighted by Crippen LogP contribution is -2.39. The van der Waals surface area contributed by atoms with Crippen LogP contribution in [0.4, 0.5) is 0 Å². The summed E-state index contributed by atoms with van der Waals surface area (Å²) >= 11 is 1.61. The van der Waals surface area contributed by atoms with Crippen molar-refractivity contribution in [2.24, 2.45) is 11.1 Å². The van der Waals surface area contributed by atoms with Crippen molar-refractivity contribution < 1.29 is 9.53 Å². The SMILES string of the molecule is NCC1(C(=O)OCc2cccs2)CCCCCC1. The quantitative estimate of drug-likeness (QED) is 0.673. The van der Waals surface area contributed by atoms with E-state index in [2.05, 4.69) is 0 Å². The number of esters is 1. The van der Waals surface area contributed by atoms with E-state index in [1.165, 1.54) is 12.8 Å². The van der Waals surface area contributed by atoms with Gasteiger partial charge in [-0.1, -0.05) is 31.7 Å². The second kappa shape index (κ2) is 6.34. The molecule has 1 aromatic heterocycles. The molecule has 1 fully saturated rings. The van der Waals surface area contributed by atoms with E-state index in [0.717, 1.165) is 30.6 Å². The molecule has 0 amide bonds. The fourth-order valence-corrected chi connectivity index (χ4v) is 3.20. The Morgan fingerprint density at radius 2 is 2.06 bits per heavy atom. The van der Waals surface area contributed by atoms with Gasteiger partial charge in [-0.3, -0.25) is 4.79 Å². The summed E-state index contributed by atoms with van der Waals surface area (Å²) < 4.78 is 5.47. The fourth-order valence-electron chi connectivity index (χ4n) is 2.58. The molecule has 1 aliphatic rings. The van der Waals surface area contributed by atoms with Crippen molar-refractivity contribution in [2.75, 3.05) is 6.54 Å². The molecule has 1 aliphatic carbocycles. The lowest BCUT2D eigenvalue weighted by molar-refractivity contribution is -0.157. The third-order valence-electron chi connectivity index (χ3n) is 3.81. The molecule has 2 rings (SSSR count). The van der Waals surface area contributed by atoms with Gasteiger partial charge in [0.05, 0.1) is 5.41 Å². The van der Waals surface area contributed by atoms with Crippen molar-refractivity contribution in [1.29, 1.82) is 0 Å². The third kappa shape index (κ3) is 3.12. The smallest absolute Gasteiger partial charge is 0.313 e. The van der Waals surface area contributed by atoms with E-state index in [1.54, 1.807) is 11.3 Å². The molecular weight excluding hydrogens is 246 g/mol. The summed E-state index contributed by atoms with van der Waals surface area (Å²) in [5.74, 6) is -0.0969. The summed E-state index contributed by atoms with van der Waals surface area (Å²) in [6, 6.07) is 3.96. The van der Waals surface area contributed by atoms with Gasteiger partial charge < -0.3 is 10.5 Å². The molecule has 0 radical (unpaired) electrons. The van der Waals surface area contributed by atoms with Gasteiger partial charge in [0.25, 0.3) is 0 Å². The number of rotatable bonds is 4. The van der Waals surface area contributed by atoms with Crippen LogP contribution >= 0.6 is 11.3 Å². The molecule has 100 valence electrons. The van der Waals surface area contributed by atoms with Crippen LogP contribution in [0.25, 0.3) is 0 Å². The summed E-state index contributed by atoms with van der Waals surface area (Å²) in [4.78, 5) is 13.4. The van der Waals surface area contributed by atoms with Crippen molar-refractivity contribution in [2.45, 2.75) is 45.1 Å². The third-order valence-corrected chi connectivity index (χ3v) is 4.66. The van der Waals surface area contributed by atoms with Gasteiger partial charge in [0, 0.05) is 11.4 Å². The summed E-state index contributed by atoms with van der Waals surface area (Å²) in [7, 11) is 0.